The third-order valence-corrected chi connectivity index (χ3v) is 4.17. The van der Waals surface area contributed by atoms with Gasteiger partial charge in [0.25, 0.3) is 0 Å². The van der Waals surface area contributed by atoms with Gasteiger partial charge in [-0.15, -0.1) is 0 Å². The molecule has 8 heteroatoms. The Balaban J connectivity index is 1.59. The molecule has 0 aliphatic rings. The first kappa shape index (κ1) is 17.1. The summed E-state index contributed by atoms with van der Waals surface area (Å²) in [5.41, 5.74) is -0.0738. The Bertz CT molecular complexity index is 871. The number of thiazole rings is 1. The molecule has 3 rings (SSSR count). The number of amides is 1. The summed E-state index contributed by atoms with van der Waals surface area (Å²) in [4.78, 5) is 21.3. The number of carbonyl (C=O) groups excluding carboxylic acids is 1. The van der Waals surface area contributed by atoms with Crippen LogP contribution in [0.5, 0.6) is 0 Å². The molecule has 130 valence electrons. The fourth-order valence-electron chi connectivity index (χ4n) is 1.99. The van der Waals surface area contributed by atoms with Crippen molar-refractivity contribution in [2.24, 2.45) is 0 Å². The predicted octanol–water partition coefficient (Wildman–Crippen LogP) is 3.43. The lowest BCUT2D eigenvalue weighted by Gasteiger charge is -2.12. The topological polar surface area (TPSA) is 85.8 Å². The van der Waals surface area contributed by atoms with Crippen LogP contribution in [0.4, 0.5) is 5.13 Å². The van der Waals surface area contributed by atoms with E-state index in [1.807, 2.05) is 6.08 Å². The summed E-state index contributed by atoms with van der Waals surface area (Å²) in [6, 6.07) is 1.77. The number of nitrogens with one attached hydrogen (secondary N) is 1. The van der Waals surface area contributed by atoms with Crippen molar-refractivity contribution in [3.63, 3.8) is 0 Å². The highest BCUT2D eigenvalue weighted by Crippen LogP contribution is 2.24. The largest absolute Gasteiger partial charge is 0.441 e. The van der Waals surface area contributed by atoms with Gasteiger partial charge in [-0.1, -0.05) is 32.1 Å². The molecule has 3 aromatic heterocycles. The molecule has 0 bridgehead atoms. The van der Waals surface area contributed by atoms with E-state index in [1.165, 1.54) is 11.3 Å². The molecule has 0 aliphatic heterocycles. The van der Waals surface area contributed by atoms with Gasteiger partial charge >= 0.3 is 0 Å². The molecule has 1 amide bonds. The number of oxazole rings is 1. The maximum absolute atomic E-state index is 11.9. The smallest absolute Gasteiger partial charge is 0.247 e. The predicted molar refractivity (Wildman–Crippen MR) is 97.1 cm³/mol. The zero-order chi connectivity index (χ0) is 17.9. The second-order valence-corrected chi connectivity index (χ2v) is 7.53. The molecule has 0 aliphatic carbocycles. The Morgan fingerprint density at radius 1 is 1.32 bits per heavy atom. The summed E-state index contributed by atoms with van der Waals surface area (Å²) in [5, 5.41) is 7.29. The molecule has 1 N–H and O–H groups in total. The summed E-state index contributed by atoms with van der Waals surface area (Å²) >= 11 is 1.38. The minimum atomic E-state index is -0.170. The van der Waals surface area contributed by atoms with Gasteiger partial charge in [0.05, 0.1) is 6.20 Å². The molecule has 3 heterocycles. The van der Waals surface area contributed by atoms with Gasteiger partial charge in [0, 0.05) is 35.0 Å². The van der Waals surface area contributed by atoms with Crippen LogP contribution in [0, 0.1) is 0 Å². The summed E-state index contributed by atoms with van der Waals surface area (Å²) in [6.07, 6.45) is 10.5. The Hall–Kier alpha value is -2.74. The molecular weight excluding hydrogens is 338 g/mol. The van der Waals surface area contributed by atoms with Crippen LogP contribution in [-0.2, 0) is 16.8 Å². The van der Waals surface area contributed by atoms with Gasteiger partial charge in [-0.2, -0.15) is 5.10 Å². The number of carbonyl (C=O) groups is 1. The number of hydrogen-bond donors (Lipinski definition) is 1. The fourth-order valence-corrected chi connectivity index (χ4v) is 2.72. The van der Waals surface area contributed by atoms with Crippen LogP contribution in [-0.4, -0.2) is 25.7 Å². The van der Waals surface area contributed by atoms with Crippen LogP contribution < -0.4 is 5.32 Å². The lowest BCUT2D eigenvalue weighted by atomic mass is 9.94. The van der Waals surface area contributed by atoms with E-state index < -0.39 is 0 Å². The van der Waals surface area contributed by atoms with E-state index >= 15 is 0 Å². The number of hydrogen-bond acceptors (Lipinski definition) is 6. The molecule has 0 saturated carbocycles. The summed E-state index contributed by atoms with van der Waals surface area (Å²) in [6.45, 7) is 6.37. The second-order valence-electron chi connectivity index (χ2n) is 6.47. The van der Waals surface area contributed by atoms with Crippen molar-refractivity contribution in [3.05, 3.63) is 47.4 Å². The van der Waals surface area contributed by atoms with Crippen LogP contribution in [0.15, 0.2) is 35.3 Å². The molecular formula is C17H19N5O2S. The monoisotopic (exact) mass is 357 g/mol. The third kappa shape index (κ3) is 4.63. The molecule has 0 atom stereocenters. The van der Waals surface area contributed by atoms with Crippen LogP contribution in [0.2, 0.25) is 0 Å². The summed E-state index contributed by atoms with van der Waals surface area (Å²) in [5.74, 6) is 1.21. The summed E-state index contributed by atoms with van der Waals surface area (Å²) in [7, 11) is 0. The van der Waals surface area contributed by atoms with Gasteiger partial charge in [0.15, 0.2) is 5.13 Å². The number of anilines is 1. The van der Waals surface area contributed by atoms with Crippen LogP contribution >= 0.6 is 11.3 Å². The van der Waals surface area contributed by atoms with Crippen molar-refractivity contribution in [1.82, 2.24) is 19.7 Å². The molecule has 0 radical (unpaired) electrons. The molecule has 0 spiro atoms. The van der Waals surface area contributed by atoms with E-state index in [0.29, 0.717) is 11.0 Å². The summed E-state index contributed by atoms with van der Waals surface area (Å²) < 4.78 is 7.26. The van der Waals surface area contributed by atoms with Crippen molar-refractivity contribution < 1.29 is 9.21 Å². The van der Waals surface area contributed by atoms with Crippen molar-refractivity contribution in [2.75, 3.05) is 5.32 Å². The second kappa shape index (κ2) is 7.02. The first-order chi connectivity index (χ1) is 11.9. The Kier molecular flexibility index (Phi) is 4.80. The molecule has 0 unspecified atom stereocenters. The molecule has 0 aromatic carbocycles. The van der Waals surface area contributed by atoms with E-state index in [0.717, 1.165) is 10.6 Å². The average Bonchev–Trinajstić information content (AvgIpc) is 3.25. The highest BCUT2D eigenvalue weighted by atomic mass is 32.1. The highest BCUT2D eigenvalue weighted by molar-refractivity contribution is 7.16. The van der Waals surface area contributed by atoms with Crippen LogP contribution in [0.25, 0.3) is 12.2 Å². The van der Waals surface area contributed by atoms with Gasteiger partial charge in [-0.3, -0.25) is 9.48 Å². The molecule has 7 nitrogen and oxygen atoms in total. The van der Waals surface area contributed by atoms with Crippen molar-refractivity contribution in [3.8, 4) is 0 Å². The normalized spacial score (nSPS) is 12.0. The van der Waals surface area contributed by atoms with Gasteiger partial charge in [0.2, 0.25) is 11.8 Å². The first-order valence-electron chi connectivity index (χ1n) is 7.78. The van der Waals surface area contributed by atoms with Gasteiger partial charge in [0.1, 0.15) is 12.3 Å². The first-order valence-corrected chi connectivity index (χ1v) is 8.59. The maximum atomic E-state index is 11.9. The lowest BCUT2D eigenvalue weighted by Crippen LogP contribution is -2.18. The standard InChI is InChI=1S/C17H19N5O2S/c1-17(2,3)13-10-18-15(24-13)6-5-12-9-19-16(25-12)21-14(23)11-22-8-4-7-20-22/h4-10H,11H2,1-3H3,(H,19,21,23). The maximum Gasteiger partial charge on any atom is 0.247 e. The van der Waals surface area contributed by atoms with Gasteiger partial charge < -0.3 is 9.73 Å². The minimum absolute atomic E-state index is 0.0738. The third-order valence-electron chi connectivity index (χ3n) is 3.29. The van der Waals surface area contributed by atoms with Crippen molar-refractivity contribution in [1.29, 1.82) is 0 Å². The number of nitrogens with zero attached hydrogens (tertiary/aromatic N) is 4. The highest BCUT2D eigenvalue weighted by Gasteiger charge is 2.18. The number of rotatable bonds is 5. The van der Waals surface area contributed by atoms with Gasteiger partial charge in [-0.05, 0) is 12.1 Å². The van der Waals surface area contributed by atoms with Gasteiger partial charge in [-0.25, -0.2) is 9.97 Å². The minimum Gasteiger partial charge on any atom is -0.441 e. The fraction of sp³-hybridized carbons (Fsp3) is 0.294. The Morgan fingerprint density at radius 2 is 2.16 bits per heavy atom. The van der Waals surface area contributed by atoms with E-state index in [4.69, 9.17) is 4.42 Å². The van der Waals surface area contributed by atoms with Crippen molar-refractivity contribution >= 4 is 34.5 Å². The Labute approximate surface area is 149 Å². The molecule has 0 fully saturated rings. The molecule has 3 aromatic rings. The molecule has 0 saturated heterocycles. The average molecular weight is 357 g/mol. The molecule has 25 heavy (non-hydrogen) atoms. The number of aromatic nitrogens is 4. The Morgan fingerprint density at radius 3 is 2.84 bits per heavy atom. The van der Waals surface area contributed by atoms with E-state index in [1.54, 1.807) is 41.6 Å². The zero-order valence-electron chi connectivity index (χ0n) is 14.3. The van der Waals surface area contributed by atoms with Crippen molar-refractivity contribution in [2.45, 2.75) is 32.7 Å². The van der Waals surface area contributed by atoms with Crippen LogP contribution in [0.1, 0.15) is 37.3 Å². The SMILES string of the molecule is CC(C)(C)c1cnc(C=Cc2cnc(NC(=O)Cn3cccn3)s2)o1. The lowest BCUT2D eigenvalue weighted by molar-refractivity contribution is -0.116. The van der Waals surface area contributed by atoms with E-state index in [2.05, 4.69) is 41.2 Å². The zero-order valence-corrected chi connectivity index (χ0v) is 15.1. The van der Waals surface area contributed by atoms with E-state index in [9.17, 15) is 4.79 Å². The van der Waals surface area contributed by atoms with Crippen LogP contribution in [0.3, 0.4) is 0 Å². The quantitative estimate of drug-likeness (QED) is 0.756. The van der Waals surface area contributed by atoms with E-state index in [-0.39, 0.29) is 17.9 Å².